The summed E-state index contributed by atoms with van der Waals surface area (Å²) in [4.78, 5) is 31.5. The van der Waals surface area contributed by atoms with Gasteiger partial charge in [0, 0.05) is 5.56 Å². The highest BCUT2D eigenvalue weighted by molar-refractivity contribution is 7.53. The van der Waals surface area contributed by atoms with Crippen molar-refractivity contribution < 1.29 is 40.8 Å². The number of halogens is 3. The highest BCUT2D eigenvalue weighted by atomic mass is 31.2. The van der Waals surface area contributed by atoms with E-state index in [9.17, 15) is 27.3 Å². The normalized spacial score (nSPS) is 19.5. The van der Waals surface area contributed by atoms with Crippen molar-refractivity contribution >= 4 is 30.5 Å². The van der Waals surface area contributed by atoms with Gasteiger partial charge in [-0.2, -0.15) is 13.2 Å². The standard InChI is InChI=1S/C37H33F3N3O6P/c38-37(39,40)23-41-35(45)36(29-15-5-3-11-25(29)26-12-4-6-16-30(26)36)19-9-10-20-50(46)47-21-24(22-48-50)42-33(44)27-13-1-2-14-28(27)34-43-31-17-7-8-18-32(31)49-34/h1-8,11-18,24H,9-10,19-23H2,(H,41,45)(H,42,44)/t24-,50+. The average molecular weight is 704 g/mol. The number of nitrogens with zero attached hydrogens (tertiary/aromatic N) is 1. The Bertz CT molecular complexity index is 2030. The molecule has 5 aromatic rings. The number of benzene rings is 4. The monoisotopic (exact) mass is 703 g/mol. The van der Waals surface area contributed by atoms with Gasteiger partial charge in [0.1, 0.15) is 17.5 Å². The van der Waals surface area contributed by atoms with Crippen molar-refractivity contribution in [2.24, 2.45) is 0 Å². The highest BCUT2D eigenvalue weighted by Crippen LogP contribution is 2.54. The maximum Gasteiger partial charge on any atom is 0.405 e. The summed E-state index contributed by atoms with van der Waals surface area (Å²) >= 11 is 0. The molecule has 13 heteroatoms. The summed E-state index contributed by atoms with van der Waals surface area (Å²) in [6, 6.07) is 28.1. The maximum atomic E-state index is 13.7. The second kappa shape index (κ2) is 13.5. The number of para-hydroxylation sites is 2. The van der Waals surface area contributed by atoms with Gasteiger partial charge in [0.15, 0.2) is 5.58 Å². The van der Waals surface area contributed by atoms with Crippen LogP contribution in [0.5, 0.6) is 0 Å². The van der Waals surface area contributed by atoms with Gasteiger partial charge in [-0.05, 0) is 59.4 Å². The molecule has 50 heavy (non-hydrogen) atoms. The molecule has 2 heterocycles. The number of fused-ring (bicyclic) bond motifs is 4. The number of oxazole rings is 1. The number of rotatable bonds is 10. The number of alkyl halides is 3. The third-order valence-corrected chi connectivity index (χ3v) is 11.1. The number of amides is 2. The Hall–Kier alpha value is -4.77. The first-order valence-electron chi connectivity index (χ1n) is 16.2. The molecule has 0 radical (unpaired) electrons. The molecule has 1 aliphatic heterocycles. The minimum atomic E-state index is -4.57. The zero-order chi connectivity index (χ0) is 34.9. The summed E-state index contributed by atoms with van der Waals surface area (Å²) in [7, 11) is -3.54. The highest BCUT2D eigenvalue weighted by Gasteiger charge is 2.49. The predicted molar refractivity (Wildman–Crippen MR) is 181 cm³/mol. The van der Waals surface area contributed by atoms with Crippen molar-refractivity contribution in [2.45, 2.75) is 36.9 Å². The first kappa shape index (κ1) is 33.7. The molecule has 1 aromatic heterocycles. The van der Waals surface area contributed by atoms with E-state index in [-0.39, 0.29) is 25.8 Å². The largest absolute Gasteiger partial charge is 0.436 e. The predicted octanol–water partition coefficient (Wildman–Crippen LogP) is 7.65. The molecule has 258 valence electrons. The lowest BCUT2D eigenvalue weighted by atomic mass is 9.73. The van der Waals surface area contributed by atoms with Gasteiger partial charge in [0.2, 0.25) is 11.8 Å². The Morgan fingerprint density at radius 3 is 2.08 bits per heavy atom. The fraction of sp³-hybridized carbons (Fsp3) is 0.270. The van der Waals surface area contributed by atoms with Gasteiger partial charge >= 0.3 is 13.8 Å². The molecule has 0 unspecified atom stereocenters. The Labute approximate surface area is 285 Å². The molecule has 1 fully saturated rings. The van der Waals surface area contributed by atoms with Crippen LogP contribution in [-0.4, -0.2) is 54.9 Å². The second-order valence-corrected chi connectivity index (χ2v) is 14.6. The Kier molecular flexibility index (Phi) is 9.11. The SMILES string of the molecule is O=C(N[C@H]1CO[P@](=O)(CCCCC2(C(=O)NCC(F)(F)F)c3ccccc3-c3ccccc32)OC1)c1ccccc1-c1nc2ccccc2o1. The number of nitrogens with one attached hydrogen (secondary N) is 2. The van der Waals surface area contributed by atoms with Crippen molar-refractivity contribution in [1.29, 1.82) is 0 Å². The van der Waals surface area contributed by atoms with Crippen LogP contribution in [0.4, 0.5) is 13.2 Å². The zero-order valence-electron chi connectivity index (χ0n) is 26.7. The average Bonchev–Trinajstić information content (AvgIpc) is 3.68. The van der Waals surface area contributed by atoms with Gasteiger partial charge in [0.25, 0.3) is 5.91 Å². The van der Waals surface area contributed by atoms with E-state index in [1.807, 2.05) is 42.5 Å². The van der Waals surface area contributed by atoms with E-state index in [0.717, 1.165) is 11.1 Å². The second-order valence-electron chi connectivity index (χ2n) is 12.4. The van der Waals surface area contributed by atoms with Gasteiger partial charge in [-0.1, -0.05) is 79.2 Å². The van der Waals surface area contributed by atoms with Gasteiger partial charge in [-0.25, -0.2) is 4.98 Å². The van der Waals surface area contributed by atoms with E-state index in [0.29, 0.717) is 52.1 Å². The fourth-order valence-electron chi connectivity index (χ4n) is 6.80. The van der Waals surface area contributed by atoms with E-state index in [2.05, 4.69) is 15.6 Å². The summed E-state index contributed by atoms with van der Waals surface area (Å²) in [5.41, 5.74) is 3.62. The van der Waals surface area contributed by atoms with Crippen LogP contribution in [-0.2, 0) is 23.8 Å². The lowest BCUT2D eigenvalue weighted by Gasteiger charge is -2.32. The minimum absolute atomic E-state index is 0.0395. The quantitative estimate of drug-likeness (QED) is 0.113. The number of hydrogen-bond donors (Lipinski definition) is 2. The van der Waals surface area contributed by atoms with E-state index in [1.54, 1.807) is 54.6 Å². The Morgan fingerprint density at radius 2 is 1.42 bits per heavy atom. The smallest absolute Gasteiger partial charge is 0.405 e. The van der Waals surface area contributed by atoms with Gasteiger partial charge in [0.05, 0.1) is 31.0 Å². The maximum absolute atomic E-state index is 13.7. The van der Waals surface area contributed by atoms with Crippen LogP contribution in [0.1, 0.15) is 40.7 Å². The van der Waals surface area contributed by atoms with Crippen LogP contribution in [0.15, 0.2) is 101 Å². The number of unbranched alkanes of at least 4 members (excludes halogenated alkanes) is 1. The summed E-state index contributed by atoms with van der Waals surface area (Å²) in [5, 5.41) is 5.00. The van der Waals surface area contributed by atoms with Crippen molar-refractivity contribution in [2.75, 3.05) is 25.9 Å². The molecule has 9 nitrogen and oxygen atoms in total. The molecular formula is C37H33F3N3O6P. The van der Waals surface area contributed by atoms with Crippen LogP contribution in [0.25, 0.3) is 33.7 Å². The third-order valence-electron chi connectivity index (χ3n) is 9.11. The number of hydrogen-bond acceptors (Lipinski definition) is 7. The van der Waals surface area contributed by atoms with Crippen LogP contribution in [0.2, 0.25) is 0 Å². The molecule has 0 saturated carbocycles. The van der Waals surface area contributed by atoms with Crippen molar-refractivity contribution in [3.63, 3.8) is 0 Å². The number of carbonyl (C=O) groups excluding carboxylic acids is 2. The fourth-order valence-corrected chi connectivity index (χ4v) is 8.56. The number of carbonyl (C=O) groups is 2. The molecule has 0 spiro atoms. The lowest BCUT2D eigenvalue weighted by molar-refractivity contribution is -0.141. The summed E-state index contributed by atoms with van der Waals surface area (Å²) in [5.74, 6) is -0.829. The Balaban J connectivity index is 0.987. The zero-order valence-corrected chi connectivity index (χ0v) is 27.6. The molecule has 0 bridgehead atoms. The van der Waals surface area contributed by atoms with Gasteiger partial charge in [-0.3, -0.25) is 14.2 Å². The molecule has 1 aliphatic carbocycles. The molecule has 2 aliphatic rings. The van der Waals surface area contributed by atoms with Crippen molar-refractivity contribution in [3.8, 4) is 22.6 Å². The molecular weight excluding hydrogens is 670 g/mol. The summed E-state index contributed by atoms with van der Waals surface area (Å²) < 4.78 is 70.3. The molecule has 0 atom stereocenters. The first-order chi connectivity index (χ1) is 24.1. The Morgan fingerprint density at radius 1 is 0.820 bits per heavy atom. The molecule has 1 saturated heterocycles. The molecule has 7 rings (SSSR count). The van der Waals surface area contributed by atoms with Crippen molar-refractivity contribution in [3.05, 3.63) is 114 Å². The van der Waals surface area contributed by atoms with E-state index < -0.39 is 43.6 Å². The molecule has 4 aromatic carbocycles. The van der Waals surface area contributed by atoms with Crippen LogP contribution in [0.3, 0.4) is 0 Å². The topological polar surface area (TPSA) is 120 Å². The van der Waals surface area contributed by atoms with E-state index in [4.69, 9.17) is 13.5 Å². The molecule has 2 amide bonds. The van der Waals surface area contributed by atoms with Gasteiger partial charge < -0.3 is 24.1 Å². The summed E-state index contributed by atoms with van der Waals surface area (Å²) in [6.07, 6.45) is -3.67. The summed E-state index contributed by atoms with van der Waals surface area (Å²) in [6.45, 7) is -1.54. The number of aromatic nitrogens is 1. The first-order valence-corrected chi connectivity index (χ1v) is 18.0. The van der Waals surface area contributed by atoms with Gasteiger partial charge in [-0.15, -0.1) is 0 Å². The lowest BCUT2D eigenvalue weighted by Crippen LogP contribution is -2.47. The van der Waals surface area contributed by atoms with E-state index >= 15 is 0 Å². The molecule has 2 N–H and O–H groups in total. The minimum Gasteiger partial charge on any atom is -0.436 e. The van der Waals surface area contributed by atoms with Crippen molar-refractivity contribution in [1.82, 2.24) is 15.6 Å². The van der Waals surface area contributed by atoms with E-state index in [1.165, 1.54) is 0 Å². The van der Waals surface area contributed by atoms with Crippen LogP contribution < -0.4 is 10.6 Å². The van der Waals surface area contributed by atoms with Crippen LogP contribution in [0, 0.1) is 0 Å². The van der Waals surface area contributed by atoms with Crippen LogP contribution >= 0.6 is 7.60 Å². The third kappa shape index (κ3) is 6.58.